The minimum Gasteiger partial charge on any atom is -0.505 e. The zero-order valence-corrected chi connectivity index (χ0v) is 14.0. The van der Waals surface area contributed by atoms with Gasteiger partial charge in [-0.15, -0.1) is 0 Å². The third kappa shape index (κ3) is 3.94. The number of amidine groups is 1. The maximum atomic E-state index is 12.4. The van der Waals surface area contributed by atoms with Gasteiger partial charge >= 0.3 is 0 Å². The lowest BCUT2D eigenvalue weighted by atomic mass is 10.2. The van der Waals surface area contributed by atoms with Crippen LogP contribution in [0.2, 0.25) is 0 Å². The van der Waals surface area contributed by atoms with Gasteiger partial charge in [-0.05, 0) is 36.8 Å². The van der Waals surface area contributed by atoms with E-state index in [0.29, 0.717) is 18.8 Å². The Hall–Kier alpha value is -2.94. The fourth-order valence-corrected chi connectivity index (χ4v) is 3.47. The number of carbonyl (C=O) groups excluding carboxylic acids is 1. The summed E-state index contributed by atoms with van der Waals surface area (Å²) in [5, 5.41) is 12.2. The minimum absolute atomic E-state index is 0.00476. The van der Waals surface area contributed by atoms with Crippen LogP contribution in [0.15, 0.2) is 52.5 Å². The fourth-order valence-electron chi connectivity index (χ4n) is 2.34. The molecule has 8 nitrogen and oxygen atoms in total. The molecule has 2 heterocycles. The number of nitrogens with zero attached hydrogens (tertiary/aromatic N) is 2. The highest BCUT2D eigenvalue weighted by atomic mass is 32.2. The molecule has 1 aliphatic rings. The standard InChI is InChI=1S/C16H16N4O4S/c21-13-6-2-9-18-15(13)16(22)19-11-4-1-5-12(10-11)25(23,24)20-14-7-3-8-17-14/h1-2,4-6,9-10,21H,3,7-8H2,(H,17,20)(H,19,22). The molecular formula is C16H16N4O4S. The van der Waals surface area contributed by atoms with Crippen molar-refractivity contribution in [2.45, 2.75) is 17.7 Å². The molecule has 0 bridgehead atoms. The number of amides is 1. The summed E-state index contributed by atoms with van der Waals surface area (Å²) in [4.78, 5) is 20.1. The zero-order valence-electron chi connectivity index (χ0n) is 13.1. The molecule has 0 saturated heterocycles. The lowest BCUT2D eigenvalue weighted by Crippen LogP contribution is -2.29. The van der Waals surface area contributed by atoms with Gasteiger partial charge in [0.05, 0.1) is 4.90 Å². The van der Waals surface area contributed by atoms with E-state index in [2.05, 4.69) is 20.0 Å². The maximum absolute atomic E-state index is 12.4. The lowest BCUT2D eigenvalue weighted by Gasteiger charge is -2.10. The molecular weight excluding hydrogens is 344 g/mol. The monoisotopic (exact) mass is 360 g/mol. The Bertz CT molecular complexity index is 941. The number of nitrogens with one attached hydrogen (secondary N) is 2. The molecule has 3 N–H and O–H groups in total. The Morgan fingerprint density at radius 3 is 2.76 bits per heavy atom. The largest absolute Gasteiger partial charge is 0.505 e. The number of anilines is 1. The number of pyridine rings is 1. The van der Waals surface area contributed by atoms with Crippen LogP contribution in [0.4, 0.5) is 5.69 Å². The van der Waals surface area contributed by atoms with Crippen LogP contribution in [0.25, 0.3) is 0 Å². The van der Waals surface area contributed by atoms with Crippen molar-refractivity contribution in [2.75, 3.05) is 11.9 Å². The van der Waals surface area contributed by atoms with Crippen molar-refractivity contribution in [2.24, 2.45) is 4.99 Å². The Labute approximate surface area is 144 Å². The van der Waals surface area contributed by atoms with Gasteiger partial charge in [-0.3, -0.25) is 14.5 Å². The van der Waals surface area contributed by atoms with Gasteiger partial charge in [0, 0.05) is 24.8 Å². The van der Waals surface area contributed by atoms with E-state index in [1.165, 1.54) is 36.5 Å². The average molecular weight is 360 g/mol. The number of aromatic nitrogens is 1. The highest BCUT2D eigenvalue weighted by molar-refractivity contribution is 7.90. The van der Waals surface area contributed by atoms with Crippen molar-refractivity contribution in [1.82, 2.24) is 9.71 Å². The van der Waals surface area contributed by atoms with Crippen molar-refractivity contribution in [3.63, 3.8) is 0 Å². The molecule has 1 aromatic heterocycles. The third-order valence-corrected chi connectivity index (χ3v) is 4.91. The van der Waals surface area contributed by atoms with Crippen LogP contribution in [0.3, 0.4) is 0 Å². The van der Waals surface area contributed by atoms with E-state index in [0.717, 1.165) is 6.42 Å². The summed E-state index contributed by atoms with van der Waals surface area (Å²) in [6.07, 6.45) is 2.79. The van der Waals surface area contributed by atoms with E-state index in [4.69, 9.17) is 0 Å². The van der Waals surface area contributed by atoms with Crippen molar-refractivity contribution < 1.29 is 18.3 Å². The van der Waals surface area contributed by atoms with E-state index in [1.807, 2.05) is 0 Å². The number of sulfonamides is 1. The first-order valence-corrected chi connectivity index (χ1v) is 9.05. The van der Waals surface area contributed by atoms with E-state index in [-0.39, 0.29) is 22.0 Å². The second kappa shape index (κ2) is 6.89. The maximum Gasteiger partial charge on any atom is 0.278 e. The Morgan fingerprint density at radius 1 is 1.20 bits per heavy atom. The first kappa shape index (κ1) is 16.9. The van der Waals surface area contributed by atoms with Crippen LogP contribution in [0.1, 0.15) is 23.3 Å². The summed E-state index contributed by atoms with van der Waals surface area (Å²) >= 11 is 0. The zero-order chi connectivity index (χ0) is 17.9. The van der Waals surface area contributed by atoms with Crippen molar-refractivity contribution in [3.05, 3.63) is 48.3 Å². The first-order chi connectivity index (χ1) is 12.0. The summed E-state index contributed by atoms with van der Waals surface area (Å²) in [5.41, 5.74) is 0.125. The molecule has 1 amide bonds. The second-order valence-electron chi connectivity index (χ2n) is 5.39. The molecule has 130 valence electrons. The number of aromatic hydroxyl groups is 1. The summed E-state index contributed by atoms with van der Waals surface area (Å²) < 4.78 is 27.2. The van der Waals surface area contributed by atoms with Gasteiger partial charge in [0.2, 0.25) is 0 Å². The quantitative estimate of drug-likeness (QED) is 0.763. The normalized spacial score (nSPS) is 14.0. The fraction of sp³-hybridized carbons (Fsp3) is 0.188. The van der Waals surface area contributed by atoms with Gasteiger partial charge in [-0.25, -0.2) is 13.4 Å². The highest BCUT2D eigenvalue weighted by Gasteiger charge is 2.19. The Kier molecular flexibility index (Phi) is 4.66. The van der Waals surface area contributed by atoms with Crippen LogP contribution in [-0.2, 0) is 10.0 Å². The third-order valence-electron chi connectivity index (χ3n) is 3.53. The summed E-state index contributed by atoms with van der Waals surface area (Å²) in [5.74, 6) is -0.460. The number of hydrogen-bond donors (Lipinski definition) is 3. The average Bonchev–Trinajstić information content (AvgIpc) is 3.07. The number of hydrogen-bond acceptors (Lipinski definition) is 6. The smallest absolute Gasteiger partial charge is 0.278 e. The summed E-state index contributed by atoms with van der Waals surface area (Å²) in [6.45, 7) is 0.613. The van der Waals surface area contributed by atoms with Gasteiger partial charge < -0.3 is 10.4 Å². The number of aliphatic imine (C=N–C) groups is 1. The number of carbonyl (C=O) groups is 1. The molecule has 0 unspecified atom stereocenters. The molecule has 0 aliphatic carbocycles. The highest BCUT2D eigenvalue weighted by Crippen LogP contribution is 2.19. The molecule has 1 aliphatic heterocycles. The SMILES string of the molecule is O=C(Nc1cccc(S(=O)(=O)NC2=NCCC2)c1)c1ncccc1O. The van der Waals surface area contributed by atoms with Crippen LogP contribution in [-0.4, -0.2) is 36.8 Å². The molecule has 9 heteroatoms. The van der Waals surface area contributed by atoms with E-state index >= 15 is 0 Å². The number of benzene rings is 1. The van der Waals surface area contributed by atoms with Gasteiger partial charge in [-0.1, -0.05) is 6.07 Å². The minimum atomic E-state index is -3.77. The lowest BCUT2D eigenvalue weighted by molar-refractivity contribution is 0.101. The predicted molar refractivity (Wildman–Crippen MR) is 92.2 cm³/mol. The van der Waals surface area contributed by atoms with Crippen LogP contribution in [0, 0.1) is 0 Å². The molecule has 0 atom stereocenters. The van der Waals surface area contributed by atoms with Crippen molar-refractivity contribution >= 4 is 27.5 Å². The van der Waals surface area contributed by atoms with Crippen LogP contribution < -0.4 is 10.0 Å². The molecule has 2 aromatic rings. The Morgan fingerprint density at radius 2 is 2.04 bits per heavy atom. The van der Waals surface area contributed by atoms with Gasteiger partial charge in [0.1, 0.15) is 11.6 Å². The molecule has 1 aromatic carbocycles. The molecule has 3 rings (SSSR count). The molecule has 25 heavy (non-hydrogen) atoms. The van der Waals surface area contributed by atoms with Crippen molar-refractivity contribution in [1.29, 1.82) is 0 Å². The van der Waals surface area contributed by atoms with Gasteiger partial charge in [-0.2, -0.15) is 0 Å². The van der Waals surface area contributed by atoms with Crippen LogP contribution in [0.5, 0.6) is 5.75 Å². The first-order valence-electron chi connectivity index (χ1n) is 7.57. The molecule has 0 radical (unpaired) electrons. The second-order valence-corrected chi connectivity index (χ2v) is 7.07. The van der Waals surface area contributed by atoms with Gasteiger partial charge in [0.25, 0.3) is 15.9 Å². The van der Waals surface area contributed by atoms with E-state index in [9.17, 15) is 18.3 Å². The molecule has 0 saturated carbocycles. The summed E-state index contributed by atoms with van der Waals surface area (Å²) in [6, 6.07) is 8.65. The topological polar surface area (TPSA) is 121 Å². The van der Waals surface area contributed by atoms with Crippen LogP contribution >= 0.6 is 0 Å². The van der Waals surface area contributed by atoms with E-state index < -0.39 is 15.9 Å². The van der Waals surface area contributed by atoms with E-state index in [1.54, 1.807) is 6.07 Å². The number of rotatable bonds is 4. The molecule has 0 spiro atoms. The van der Waals surface area contributed by atoms with Crippen molar-refractivity contribution in [3.8, 4) is 5.75 Å². The Balaban J connectivity index is 1.79. The molecule has 0 fully saturated rings. The predicted octanol–water partition coefficient (Wildman–Crippen LogP) is 1.51. The van der Waals surface area contributed by atoms with Gasteiger partial charge in [0.15, 0.2) is 5.69 Å². The summed E-state index contributed by atoms with van der Waals surface area (Å²) in [7, 11) is -3.77.